The molecule has 1 heterocycles. The summed E-state index contributed by atoms with van der Waals surface area (Å²) in [5.74, 6) is 0.222. The number of halogens is 2. The average Bonchev–Trinajstić information content (AvgIpc) is 2.41. The van der Waals surface area contributed by atoms with Gasteiger partial charge in [-0.2, -0.15) is 5.26 Å². The molecule has 2 rings (SSSR count). The second kappa shape index (κ2) is 5.68. The van der Waals surface area contributed by atoms with Crippen LogP contribution in [-0.4, -0.2) is 4.98 Å². The van der Waals surface area contributed by atoms with Crippen LogP contribution in [-0.2, 0) is 5.88 Å². The average molecular weight is 277 g/mol. The Morgan fingerprint density at radius 2 is 2.26 bits per heavy atom. The summed E-state index contributed by atoms with van der Waals surface area (Å²) in [4.78, 5) is 4.11. The number of aromatic nitrogens is 1. The van der Waals surface area contributed by atoms with Gasteiger partial charge in [-0.05, 0) is 30.7 Å². The molecule has 0 amide bonds. The third-order valence-corrected chi connectivity index (χ3v) is 2.84. The molecule has 0 aliphatic heterocycles. The Kier molecular flexibility index (Phi) is 3.98. The molecule has 0 atom stereocenters. The first kappa shape index (κ1) is 13.3. The fraction of sp³-hybridized carbons (Fsp3) is 0.143. The Morgan fingerprint density at radius 3 is 2.89 bits per heavy atom. The lowest BCUT2D eigenvalue weighted by atomic mass is 10.2. The Hall–Kier alpha value is -2.12. The molecule has 0 saturated carbocycles. The van der Waals surface area contributed by atoms with E-state index in [4.69, 9.17) is 21.6 Å². The highest BCUT2D eigenvalue weighted by atomic mass is 35.5. The van der Waals surface area contributed by atoms with Gasteiger partial charge in [0.15, 0.2) is 0 Å². The molecule has 0 aliphatic carbocycles. The topological polar surface area (TPSA) is 45.9 Å². The summed E-state index contributed by atoms with van der Waals surface area (Å²) in [5.41, 5.74) is 1.50. The summed E-state index contributed by atoms with van der Waals surface area (Å²) in [6.07, 6.45) is 1.58. The minimum Gasteiger partial charge on any atom is -0.437 e. The molecule has 19 heavy (non-hydrogen) atoms. The molecule has 3 nitrogen and oxygen atoms in total. The first-order chi connectivity index (χ1) is 9.15. The number of nitrogens with zero attached hydrogens (tertiary/aromatic N) is 2. The van der Waals surface area contributed by atoms with Crippen LogP contribution in [0.5, 0.6) is 11.6 Å². The molecule has 0 saturated heterocycles. The molecule has 2 aromatic rings. The van der Waals surface area contributed by atoms with Crippen LogP contribution < -0.4 is 4.74 Å². The van der Waals surface area contributed by atoms with E-state index in [2.05, 4.69) is 4.98 Å². The van der Waals surface area contributed by atoms with Gasteiger partial charge in [0.05, 0.1) is 0 Å². The molecular weight excluding hydrogens is 267 g/mol. The smallest absolute Gasteiger partial charge is 0.222 e. The van der Waals surface area contributed by atoms with E-state index in [0.29, 0.717) is 11.8 Å². The highest BCUT2D eigenvalue weighted by Gasteiger charge is 2.11. The minimum absolute atomic E-state index is 0.134. The van der Waals surface area contributed by atoms with E-state index in [0.717, 1.165) is 11.1 Å². The minimum atomic E-state index is -0.616. The van der Waals surface area contributed by atoms with Crippen molar-refractivity contribution in [3.63, 3.8) is 0 Å². The van der Waals surface area contributed by atoms with E-state index in [-0.39, 0.29) is 11.3 Å². The van der Waals surface area contributed by atoms with Crippen molar-refractivity contribution in [2.75, 3.05) is 0 Å². The van der Waals surface area contributed by atoms with Gasteiger partial charge in [-0.1, -0.05) is 6.07 Å². The van der Waals surface area contributed by atoms with Crippen molar-refractivity contribution in [2.24, 2.45) is 0 Å². The molecule has 0 spiro atoms. The van der Waals surface area contributed by atoms with Crippen molar-refractivity contribution in [1.82, 2.24) is 4.98 Å². The summed E-state index contributed by atoms with van der Waals surface area (Å²) in [6, 6.07) is 7.83. The number of hydrogen-bond donors (Lipinski definition) is 0. The first-order valence-corrected chi connectivity index (χ1v) is 6.07. The van der Waals surface area contributed by atoms with E-state index in [1.165, 1.54) is 18.2 Å². The van der Waals surface area contributed by atoms with Crippen LogP contribution in [0.3, 0.4) is 0 Å². The Morgan fingerprint density at radius 1 is 1.47 bits per heavy atom. The lowest BCUT2D eigenvalue weighted by Gasteiger charge is -2.09. The molecule has 96 valence electrons. The maximum atomic E-state index is 13.4. The first-order valence-electron chi connectivity index (χ1n) is 5.53. The third kappa shape index (κ3) is 2.83. The Balaban J connectivity index is 2.37. The van der Waals surface area contributed by atoms with Gasteiger partial charge < -0.3 is 4.74 Å². The molecule has 0 unspecified atom stereocenters. The van der Waals surface area contributed by atoms with Crippen LogP contribution in [0.4, 0.5) is 4.39 Å². The zero-order valence-corrected chi connectivity index (χ0v) is 10.9. The monoisotopic (exact) mass is 276 g/mol. The highest BCUT2D eigenvalue weighted by Crippen LogP contribution is 2.27. The van der Waals surface area contributed by atoms with Gasteiger partial charge in [0, 0.05) is 17.6 Å². The molecule has 0 fully saturated rings. The second-order valence-corrected chi connectivity index (χ2v) is 4.19. The number of hydrogen-bond acceptors (Lipinski definition) is 3. The van der Waals surface area contributed by atoms with Gasteiger partial charge in [0.25, 0.3) is 0 Å². The zero-order valence-electron chi connectivity index (χ0n) is 10.2. The maximum absolute atomic E-state index is 13.4. The van der Waals surface area contributed by atoms with Crippen LogP contribution in [0, 0.1) is 24.1 Å². The van der Waals surface area contributed by atoms with Crippen molar-refractivity contribution in [2.45, 2.75) is 12.8 Å². The van der Waals surface area contributed by atoms with Gasteiger partial charge in [0.1, 0.15) is 23.2 Å². The van der Waals surface area contributed by atoms with Crippen molar-refractivity contribution < 1.29 is 9.13 Å². The van der Waals surface area contributed by atoms with E-state index in [1.54, 1.807) is 12.3 Å². The van der Waals surface area contributed by atoms with Gasteiger partial charge >= 0.3 is 0 Å². The van der Waals surface area contributed by atoms with Crippen LogP contribution in [0.1, 0.15) is 16.7 Å². The number of pyridine rings is 1. The largest absolute Gasteiger partial charge is 0.437 e. The molecule has 0 aliphatic rings. The van der Waals surface area contributed by atoms with Gasteiger partial charge in [-0.15, -0.1) is 11.6 Å². The van der Waals surface area contributed by atoms with Crippen molar-refractivity contribution in [3.05, 3.63) is 53.0 Å². The molecule has 0 bridgehead atoms. The predicted octanol–water partition coefficient (Wildman–Crippen LogP) is 3.93. The number of rotatable bonds is 3. The molecule has 1 aromatic heterocycles. The van der Waals surface area contributed by atoms with Gasteiger partial charge in [-0.3, -0.25) is 0 Å². The highest BCUT2D eigenvalue weighted by molar-refractivity contribution is 6.17. The molecule has 0 radical (unpaired) electrons. The number of alkyl halides is 1. The molecular formula is C14H10ClFN2O. The lowest BCUT2D eigenvalue weighted by Crippen LogP contribution is -1.96. The number of aryl methyl sites for hydroxylation is 1. The lowest BCUT2D eigenvalue weighted by molar-refractivity contribution is 0.452. The fourth-order valence-corrected chi connectivity index (χ4v) is 1.75. The summed E-state index contributed by atoms with van der Waals surface area (Å²) < 4.78 is 18.9. The fourth-order valence-electron chi connectivity index (χ4n) is 1.60. The van der Waals surface area contributed by atoms with Crippen molar-refractivity contribution in [3.8, 4) is 17.7 Å². The van der Waals surface area contributed by atoms with Crippen LogP contribution in [0.2, 0.25) is 0 Å². The van der Waals surface area contributed by atoms with Crippen LogP contribution in [0.15, 0.2) is 30.5 Å². The standard InChI is InChI=1S/C14H10ClFN2O/c1-9-5-10(6-15)8-18-14(9)19-13-4-2-3-12(16)11(13)7-17/h2-5,8H,6H2,1H3. The molecule has 1 aromatic carbocycles. The number of ether oxygens (including phenoxy) is 1. The molecule has 5 heteroatoms. The zero-order chi connectivity index (χ0) is 13.8. The Labute approximate surface area is 115 Å². The summed E-state index contributed by atoms with van der Waals surface area (Å²) in [6.45, 7) is 1.81. The van der Waals surface area contributed by atoms with E-state index in [1.807, 2.05) is 13.0 Å². The molecule has 0 N–H and O–H groups in total. The van der Waals surface area contributed by atoms with Gasteiger partial charge in [0.2, 0.25) is 5.88 Å². The summed E-state index contributed by atoms with van der Waals surface area (Å²) >= 11 is 5.71. The van der Waals surface area contributed by atoms with E-state index >= 15 is 0 Å². The SMILES string of the molecule is Cc1cc(CCl)cnc1Oc1cccc(F)c1C#N. The predicted molar refractivity (Wildman–Crippen MR) is 69.7 cm³/mol. The third-order valence-electron chi connectivity index (χ3n) is 2.53. The number of benzene rings is 1. The second-order valence-electron chi connectivity index (χ2n) is 3.93. The van der Waals surface area contributed by atoms with Gasteiger partial charge in [-0.25, -0.2) is 9.37 Å². The summed E-state index contributed by atoms with van der Waals surface area (Å²) in [5, 5.41) is 8.92. The normalized spacial score (nSPS) is 10.0. The van der Waals surface area contributed by atoms with E-state index in [9.17, 15) is 4.39 Å². The Bertz CT molecular complexity index is 652. The number of nitriles is 1. The van der Waals surface area contributed by atoms with Crippen molar-refractivity contribution in [1.29, 1.82) is 5.26 Å². The van der Waals surface area contributed by atoms with Crippen LogP contribution >= 0.6 is 11.6 Å². The quantitative estimate of drug-likeness (QED) is 0.798. The van der Waals surface area contributed by atoms with E-state index < -0.39 is 5.82 Å². The van der Waals surface area contributed by atoms with Crippen LogP contribution in [0.25, 0.3) is 0 Å². The maximum Gasteiger partial charge on any atom is 0.222 e. The van der Waals surface area contributed by atoms with Crippen molar-refractivity contribution >= 4 is 11.6 Å². The summed E-state index contributed by atoms with van der Waals surface area (Å²) in [7, 11) is 0.